The fraction of sp³-hybridized carbons (Fsp3) is 0.543. The third kappa shape index (κ3) is 7.84. The average Bonchev–Trinajstić information content (AvgIpc) is 3.50. The number of piperidine rings is 2. The molecule has 0 aromatic heterocycles. The van der Waals surface area contributed by atoms with E-state index in [9.17, 15) is 9.59 Å². The maximum atomic E-state index is 13.9. The Morgan fingerprint density at radius 1 is 0.878 bits per heavy atom. The fourth-order valence-electron chi connectivity index (χ4n) is 6.34. The second kappa shape index (κ2) is 14.6. The molecule has 2 aromatic carbocycles. The summed E-state index contributed by atoms with van der Waals surface area (Å²) in [7, 11) is 2.18. The smallest absolute Gasteiger partial charge is 0.253 e. The van der Waals surface area contributed by atoms with E-state index in [1.54, 1.807) is 0 Å². The van der Waals surface area contributed by atoms with Gasteiger partial charge < -0.3 is 14.7 Å². The summed E-state index contributed by atoms with van der Waals surface area (Å²) in [6.07, 6.45) is 13.5. The molecule has 3 aliphatic rings. The Balaban J connectivity index is 1.24. The van der Waals surface area contributed by atoms with Crippen molar-refractivity contribution in [3.05, 3.63) is 70.6 Å². The van der Waals surface area contributed by atoms with Gasteiger partial charge in [-0.25, -0.2) is 0 Å². The van der Waals surface area contributed by atoms with Crippen LogP contribution in [0.5, 0.6) is 0 Å². The molecule has 0 saturated carbocycles. The lowest BCUT2D eigenvalue weighted by Gasteiger charge is -2.38. The van der Waals surface area contributed by atoms with Gasteiger partial charge in [0.1, 0.15) is 0 Å². The van der Waals surface area contributed by atoms with Gasteiger partial charge in [-0.2, -0.15) is 0 Å². The number of rotatable bonds is 10. The largest absolute Gasteiger partial charge is 0.339 e. The molecule has 2 saturated heterocycles. The Morgan fingerprint density at radius 3 is 2.20 bits per heavy atom. The van der Waals surface area contributed by atoms with Crippen LogP contribution in [0.3, 0.4) is 0 Å². The molecule has 0 aliphatic carbocycles. The normalized spacial score (nSPS) is 20.2. The molecular formula is C35H47N3O2S. The summed E-state index contributed by atoms with van der Waals surface area (Å²) < 4.78 is 0. The third-order valence-corrected chi connectivity index (χ3v) is 10.3. The van der Waals surface area contributed by atoms with Crippen molar-refractivity contribution in [2.75, 3.05) is 33.2 Å². The molecule has 2 aromatic rings. The van der Waals surface area contributed by atoms with Crippen LogP contribution in [0.1, 0.15) is 87.1 Å². The van der Waals surface area contributed by atoms with Gasteiger partial charge in [0.25, 0.3) is 5.91 Å². The first-order chi connectivity index (χ1) is 20.0. The standard InChI is InChI=1S/C35H47N3O2S/c1-3-4-6-9-32-18-19-33(41-32)35(40)38(31-20-24-36(2)25-21-31)26-27-10-12-28(13-11-27)29-14-16-30(17-15-29)34(39)37-22-7-5-8-23-37/h10-18,31,33H,3-9,19-26H2,1-2H3. The zero-order valence-electron chi connectivity index (χ0n) is 25.0. The van der Waals surface area contributed by atoms with Crippen LogP contribution < -0.4 is 0 Å². The zero-order chi connectivity index (χ0) is 28.6. The molecule has 0 N–H and O–H groups in total. The summed E-state index contributed by atoms with van der Waals surface area (Å²) >= 11 is 1.82. The first-order valence-corrected chi connectivity index (χ1v) is 16.7. The Morgan fingerprint density at radius 2 is 1.54 bits per heavy atom. The number of unbranched alkanes of at least 4 members (excludes halogenated alkanes) is 2. The molecule has 0 spiro atoms. The molecule has 0 radical (unpaired) electrons. The van der Waals surface area contributed by atoms with Crippen molar-refractivity contribution in [2.24, 2.45) is 0 Å². The monoisotopic (exact) mass is 573 g/mol. The minimum atomic E-state index is 0.0247. The van der Waals surface area contributed by atoms with Gasteiger partial charge in [-0.05, 0) is 105 Å². The van der Waals surface area contributed by atoms with Gasteiger partial charge in [0.15, 0.2) is 0 Å². The van der Waals surface area contributed by atoms with Crippen LogP contribution >= 0.6 is 11.8 Å². The van der Waals surface area contributed by atoms with Gasteiger partial charge in [0.05, 0.1) is 5.25 Å². The minimum absolute atomic E-state index is 0.0247. The average molecular weight is 574 g/mol. The molecular weight excluding hydrogens is 526 g/mol. The Labute approximate surface area is 251 Å². The number of benzene rings is 2. The number of allylic oxidation sites excluding steroid dienone is 2. The Kier molecular flexibility index (Phi) is 10.6. The Hall–Kier alpha value is -2.57. The quantitative estimate of drug-likeness (QED) is 0.278. The van der Waals surface area contributed by atoms with Crippen molar-refractivity contribution in [3.8, 4) is 11.1 Å². The second-order valence-corrected chi connectivity index (χ2v) is 13.4. The summed E-state index contributed by atoms with van der Waals surface area (Å²) in [4.78, 5) is 34.7. The van der Waals surface area contributed by atoms with Gasteiger partial charge >= 0.3 is 0 Å². The molecule has 5 nitrogen and oxygen atoms in total. The van der Waals surface area contributed by atoms with Crippen molar-refractivity contribution in [2.45, 2.75) is 89.0 Å². The number of carbonyl (C=O) groups excluding carboxylic acids is 2. The van der Waals surface area contributed by atoms with E-state index in [0.29, 0.717) is 18.5 Å². The molecule has 6 heteroatoms. The van der Waals surface area contributed by atoms with E-state index in [2.05, 4.69) is 66.2 Å². The van der Waals surface area contributed by atoms with Crippen molar-refractivity contribution >= 4 is 23.6 Å². The predicted octanol–water partition coefficient (Wildman–Crippen LogP) is 7.37. The van der Waals surface area contributed by atoms with Gasteiger partial charge in [-0.15, -0.1) is 11.8 Å². The molecule has 41 heavy (non-hydrogen) atoms. The molecule has 2 amide bonds. The second-order valence-electron chi connectivity index (χ2n) is 12.1. The number of nitrogens with zero attached hydrogens (tertiary/aromatic N) is 3. The summed E-state index contributed by atoms with van der Waals surface area (Å²) in [5.41, 5.74) is 4.19. The first kappa shape index (κ1) is 29.9. The van der Waals surface area contributed by atoms with E-state index in [4.69, 9.17) is 0 Å². The van der Waals surface area contributed by atoms with Crippen LogP contribution in [0.2, 0.25) is 0 Å². The lowest BCUT2D eigenvalue weighted by Crippen LogP contribution is -2.48. The van der Waals surface area contributed by atoms with Crippen molar-refractivity contribution in [3.63, 3.8) is 0 Å². The van der Waals surface area contributed by atoms with E-state index >= 15 is 0 Å². The number of likely N-dealkylation sites (tertiary alicyclic amines) is 2. The molecule has 3 aliphatic heterocycles. The molecule has 1 atom stereocenters. The van der Waals surface area contributed by atoms with Gasteiger partial charge in [0.2, 0.25) is 5.91 Å². The topological polar surface area (TPSA) is 43.9 Å². The first-order valence-electron chi connectivity index (χ1n) is 15.8. The van der Waals surface area contributed by atoms with Crippen LogP contribution in [0.25, 0.3) is 11.1 Å². The van der Waals surface area contributed by atoms with E-state index in [1.165, 1.54) is 36.2 Å². The highest BCUT2D eigenvalue weighted by molar-refractivity contribution is 8.04. The number of amides is 2. The van der Waals surface area contributed by atoms with Crippen molar-refractivity contribution in [1.82, 2.24) is 14.7 Å². The van der Waals surface area contributed by atoms with Crippen LogP contribution in [-0.4, -0.2) is 71.0 Å². The molecule has 5 rings (SSSR count). The maximum absolute atomic E-state index is 13.9. The predicted molar refractivity (Wildman–Crippen MR) is 171 cm³/mol. The summed E-state index contributed by atoms with van der Waals surface area (Å²) in [6.45, 7) is 6.73. The lowest BCUT2D eigenvalue weighted by atomic mass is 9.99. The highest BCUT2D eigenvalue weighted by atomic mass is 32.2. The van der Waals surface area contributed by atoms with Crippen molar-refractivity contribution in [1.29, 1.82) is 0 Å². The molecule has 3 heterocycles. The number of thioether (sulfide) groups is 1. The molecule has 1 unspecified atom stereocenters. The van der Waals surface area contributed by atoms with Crippen LogP contribution in [0, 0.1) is 0 Å². The van der Waals surface area contributed by atoms with Crippen LogP contribution in [0.15, 0.2) is 59.5 Å². The minimum Gasteiger partial charge on any atom is -0.339 e. The molecule has 0 bridgehead atoms. The highest BCUT2D eigenvalue weighted by Gasteiger charge is 2.34. The van der Waals surface area contributed by atoms with E-state index in [0.717, 1.165) is 81.4 Å². The summed E-state index contributed by atoms with van der Waals surface area (Å²) in [6, 6.07) is 17.0. The lowest BCUT2D eigenvalue weighted by molar-refractivity contribution is -0.134. The summed E-state index contributed by atoms with van der Waals surface area (Å²) in [5, 5.41) is 0.0247. The van der Waals surface area contributed by atoms with Gasteiger partial charge in [-0.1, -0.05) is 62.2 Å². The number of hydrogen-bond acceptors (Lipinski definition) is 4. The van der Waals surface area contributed by atoms with Gasteiger partial charge in [-0.3, -0.25) is 9.59 Å². The number of carbonyl (C=O) groups is 2. The van der Waals surface area contributed by atoms with E-state index in [1.807, 2.05) is 28.8 Å². The molecule has 220 valence electrons. The van der Waals surface area contributed by atoms with Crippen molar-refractivity contribution < 1.29 is 9.59 Å². The summed E-state index contributed by atoms with van der Waals surface area (Å²) in [5.74, 6) is 0.457. The van der Waals surface area contributed by atoms with Crippen LogP contribution in [-0.2, 0) is 11.3 Å². The third-order valence-electron chi connectivity index (χ3n) is 8.98. The van der Waals surface area contributed by atoms with E-state index in [-0.39, 0.29) is 11.2 Å². The fourth-order valence-corrected chi connectivity index (χ4v) is 7.59. The van der Waals surface area contributed by atoms with Crippen LogP contribution in [0.4, 0.5) is 0 Å². The number of hydrogen-bond donors (Lipinski definition) is 0. The SMILES string of the molecule is CCCCCC1=CCC(C(=O)N(Cc2ccc(-c3ccc(C(=O)N4CCCCC4)cc3)cc2)C2CCN(C)CC2)S1. The highest BCUT2D eigenvalue weighted by Crippen LogP contribution is 2.37. The maximum Gasteiger partial charge on any atom is 0.253 e. The van der Waals surface area contributed by atoms with E-state index < -0.39 is 0 Å². The zero-order valence-corrected chi connectivity index (χ0v) is 25.8. The Bertz CT molecular complexity index is 1180. The molecule has 2 fully saturated rings. The van der Waals surface area contributed by atoms with Gasteiger partial charge in [0, 0.05) is 31.2 Å².